The number of anilines is 1. The molecule has 1 saturated carbocycles. The van der Waals surface area contributed by atoms with Crippen LogP contribution in [0.4, 0.5) is 14.9 Å². The van der Waals surface area contributed by atoms with E-state index in [1.54, 1.807) is 58.1 Å². The van der Waals surface area contributed by atoms with Crippen molar-refractivity contribution in [3.8, 4) is 5.75 Å². The van der Waals surface area contributed by atoms with Crippen LogP contribution in [0.15, 0.2) is 66.0 Å². The van der Waals surface area contributed by atoms with Crippen molar-refractivity contribution in [2.75, 3.05) is 56.9 Å². The number of hydrazone groups is 1. The van der Waals surface area contributed by atoms with E-state index in [1.807, 2.05) is 49.1 Å². The Balaban J connectivity index is 0.618. The third-order valence-electron chi connectivity index (χ3n) is 14.5. The van der Waals surface area contributed by atoms with Crippen LogP contribution in [-0.2, 0) is 46.4 Å². The number of halogens is 1. The van der Waals surface area contributed by atoms with Crippen LogP contribution in [0.5, 0.6) is 5.75 Å². The molecule has 6 aliphatic rings. The topological polar surface area (TPSA) is 204 Å². The molecule has 2 radical (unpaired) electrons. The first-order valence-corrected chi connectivity index (χ1v) is 28.1. The van der Waals surface area contributed by atoms with Crippen LogP contribution >= 0.6 is 21.6 Å². The van der Waals surface area contributed by atoms with Crippen LogP contribution in [0.1, 0.15) is 106 Å². The number of benzene rings is 2. The third-order valence-corrected chi connectivity index (χ3v) is 17.8. The average molecular weight is 1060 g/mol. The minimum absolute atomic E-state index is 0.00451. The van der Waals surface area contributed by atoms with Gasteiger partial charge in [0.1, 0.15) is 5.75 Å². The summed E-state index contributed by atoms with van der Waals surface area (Å²) in [6.45, 7) is 8.40. The number of imide groups is 1. The Morgan fingerprint density at radius 3 is 2.49 bits per heavy atom. The molecule has 75 heavy (non-hydrogen) atoms. The molecule has 3 N–H and O–H groups in total. The van der Waals surface area contributed by atoms with Gasteiger partial charge in [-0.3, -0.25) is 24.1 Å². The number of urea groups is 1. The molecule has 0 bridgehead atoms. The van der Waals surface area contributed by atoms with Crippen LogP contribution in [0, 0.1) is 11.7 Å². The predicted molar refractivity (Wildman–Crippen MR) is 285 cm³/mol. The summed E-state index contributed by atoms with van der Waals surface area (Å²) in [7, 11) is 11.3. The molecule has 18 nitrogen and oxygen atoms in total. The Hall–Kier alpha value is -5.93. The van der Waals surface area contributed by atoms with Gasteiger partial charge in [-0.15, -0.1) is 5.06 Å². The second kappa shape index (κ2) is 24.0. The Bertz CT molecular complexity index is 2690. The number of rotatable bonds is 20. The second-order valence-corrected chi connectivity index (χ2v) is 23.5. The maximum atomic E-state index is 15.3. The normalized spacial score (nSPS) is 22.1. The van der Waals surface area contributed by atoms with Gasteiger partial charge in [0.25, 0.3) is 11.8 Å². The fourth-order valence-corrected chi connectivity index (χ4v) is 12.9. The number of fused-ring (bicyclic) bond motifs is 2. The summed E-state index contributed by atoms with van der Waals surface area (Å²) >= 11 is 0. The zero-order valence-corrected chi connectivity index (χ0v) is 44.0. The Morgan fingerprint density at radius 2 is 1.75 bits per heavy atom. The number of piperazine rings is 1. The van der Waals surface area contributed by atoms with Crippen LogP contribution in [0.2, 0.25) is 0 Å². The van der Waals surface area contributed by atoms with Crippen molar-refractivity contribution in [1.82, 2.24) is 35.5 Å². The molecule has 4 fully saturated rings. The number of nitrogens with one attached hydrogen (secondary N) is 3. The minimum atomic E-state index is -0.834. The monoisotopic (exact) mass is 1060 g/mol. The molecule has 2 aromatic carbocycles. The number of likely N-dealkylation sites (tertiary alicyclic amines) is 1. The van der Waals surface area contributed by atoms with Crippen LogP contribution < -0.4 is 20.8 Å². The van der Waals surface area contributed by atoms with E-state index < -0.39 is 33.8 Å². The number of aromatic nitrogens is 1. The summed E-state index contributed by atoms with van der Waals surface area (Å²) in [5.74, 6) is -1.03. The molecule has 3 unspecified atom stereocenters. The first-order valence-electron chi connectivity index (χ1n) is 25.8. The Kier molecular flexibility index (Phi) is 17.2. The number of piperidine rings is 1. The fraction of sp³-hybridized carbons (Fsp3) is 0.519. The first kappa shape index (κ1) is 53.9. The maximum absolute atomic E-state index is 15.3. The van der Waals surface area contributed by atoms with E-state index in [0.29, 0.717) is 72.9 Å². The number of hydrogen-bond acceptors (Lipinski definition) is 15. The van der Waals surface area contributed by atoms with E-state index in [0.717, 1.165) is 73.2 Å². The number of pyridine rings is 1. The zero-order chi connectivity index (χ0) is 52.7. The van der Waals surface area contributed by atoms with Crippen molar-refractivity contribution in [2.45, 2.75) is 113 Å². The van der Waals surface area contributed by atoms with Gasteiger partial charge in [-0.25, -0.2) is 10.2 Å². The fourth-order valence-electron chi connectivity index (χ4n) is 10.4. The standard InChI is InChI=1S/C52H62B2FN9O9S2/c1-51(2,30-42(65)60-59-41-8-3-6-33-28-38(12-13-39(33)41)71-26-5-9-46(69)72-64-44(67)14-15-45(64)68)75-74-27-18-43(66)62-24-22-61(23-25-62)37-16-20-63(21-17-37)50(70)57-32-34-10-11-36(29-40(34)55)58-49-48-47(52(48,53)73-54-49)35-7-4-19-56-31-35/h4,7,10-13,19,28-29,31,37,47-48,58H,3,5-6,8-9,14-18,20-27,30,32H2,1-2H3,(H,57,70)(H,60,65)/b59-41+. The first-order chi connectivity index (χ1) is 36.1. The molecule has 394 valence electrons. The summed E-state index contributed by atoms with van der Waals surface area (Å²) in [5.41, 5.74) is 7.46. The van der Waals surface area contributed by atoms with Gasteiger partial charge in [-0.05, 0) is 63.3 Å². The van der Waals surface area contributed by atoms with E-state index >= 15 is 4.39 Å². The number of nitrogens with zero attached hydrogens (tertiary/aromatic N) is 6. The number of carbonyl (C=O) groups excluding carboxylic acids is 6. The molecule has 3 atom stereocenters. The van der Waals surface area contributed by atoms with Gasteiger partial charge in [0.05, 0.1) is 18.7 Å². The molecule has 0 spiro atoms. The molecule has 4 aliphatic heterocycles. The van der Waals surface area contributed by atoms with Crippen molar-refractivity contribution in [2.24, 2.45) is 11.0 Å². The van der Waals surface area contributed by atoms with Crippen LogP contribution in [0.25, 0.3) is 0 Å². The van der Waals surface area contributed by atoms with E-state index in [1.165, 1.54) is 6.07 Å². The predicted octanol–water partition coefficient (Wildman–Crippen LogP) is 5.07. The summed E-state index contributed by atoms with van der Waals surface area (Å²) in [6, 6.07) is 14.5. The number of carbonyl (C=O) groups is 6. The molecule has 1 aromatic heterocycles. The Morgan fingerprint density at radius 1 is 0.960 bits per heavy atom. The van der Waals surface area contributed by atoms with E-state index in [2.05, 4.69) is 31.0 Å². The number of hydroxylamine groups is 2. The van der Waals surface area contributed by atoms with Crippen LogP contribution in [0.3, 0.4) is 0 Å². The molecule has 6 amide bonds. The molecule has 23 heteroatoms. The summed E-state index contributed by atoms with van der Waals surface area (Å²) in [6.07, 6.45) is 8.66. The van der Waals surface area contributed by atoms with Gasteiger partial charge in [0, 0.05) is 74.0 Å². The van der Waals surface area contributed by atoms with Crippen molar-refractivity contribution < 1.29 is 47.4 Å². The molecule has 5 heterocycles. The van der Waals surface area contributed by atoms with Crippen LogP contribution in [-0.4, -0.2) is 155 Å². The van der Waals surface area contributed by atoms with Gasteiger partial charge in [0.2, 0.25) is 11.8 Å². The van der Waals surface area contributed by atoms with Crippen molar-refractivity contribution >= 4 is 89.2 Å². The van der Waals surface area contributed by atoms with Crippen molar-refractivity contribution in [3.63, 3.8) is 0 Å². The number of ether oxygens (including phenoxy) is 1. The van der Waals surface area contributed by atoms with E-state index in [4.69, 9.17) is 22.1 Å². The quantitative estimate of drug-likeness (QED) is 0.0445. The van der Waals surface area contributed by atoms with Gasteiger partial charge < -0.3 is 14.5 Å². The van der Waals surface area contributed by atoms with Crippen molar-refractivity contribution in [3.05, 3.63) is 89.0 Å². The summed E-state index contributed by atoms with van der Waals surface area (Å²) in [4.78, 5) is 90.1. The molecule has 3 aromatic rings. The molecule has 3 saturated heterocycles. The molecule has 9 rings (SSSR count). The average Bonchev–Trinajstić information content (AvgIpc) is 3.80. The summed E-state index contributed by atoms with van der Waals surface area (Å²) in [5, 5.41) is 11.2. The van der Waals surface area contributed by atoms with Gasteiger partial charge >= 0.3 is 182 Å². The Labute approximate surface area is 446 Å². The summed E-state index contributed by atoms with van der Waals surface area (Å²) < 4.78 is 26.5. The molecule has 2 aliphatic carbocycles. The van der Waals surface area contributed by atoms with Gasteiger partial charge in [-0.1, -0.05) is 21.6 Å². The zero-order valence-electron chi connectivity index (χ0n) is 42.4. The van der Waals surface area contributed by atoms with Crippen molar-refractivity contribution in [1.29, 1.82) is 0 Å². The molecular formula is C52H62B2FN9O9S2. The van der Waals surface area contributed by atoms with Gasteiger partial charge in [-0.2, -0.15) is 5.10 Å². The molecular weight excluding hydrogens is 999 g/mol. The second-order valence-electron chi connectivity index (χ2n) is 20.4. The number of hydrogen-bond donors (Lipinski definition) is 3. The van der Waals surface area contributed by atoms with Gasteiger partial charge in [0.15, 0.2) is 0 Å². The third kappa shape index (κ3) is 13.4. The number of amides is 6. The van der Waals surface area contributed by atoms with E-state index in [9.17, 15) is 28.8 Å². The number of aryl methyl sites for hydroxylation is 1. The van der Waals surface area contributed by atoms with E-state index in [-0.39, 0.29) is 68.5 Å². The SMILES string of the molecule is [B]C12OB=C(Nc3ccc(CNC(=O)N4CCC(N5CCN(C(=O)CCSSC(C)(C)CC(=O)N/N=C6\CCCc7cc(OCCCC(=O)ON8C(=O)CCC8=O)ccc76)CC5)CC4)c(F)c3)C1C2c1cccnc1.